The molecule has 31 heavy (non-hydrogen) atoms. The van der Waals surface area contributed by atoms with E-state index in [1.807, 2.05) is 0 Å². The Labute approximate surface area is 191 Å². The first-order valence-electron chi connectivity index (χ1n) is 9.55. The van der Waals surface area contributed by atoms with Gasteiger partial charge in [0.05, 0.1) is 45.4 Å². The molecule has 0 bridgehead atoms. The van der Waals surface area contributed by atoms with Crippen molar-refractivity contribution in [2.24, 2.45) is 0 Å². The van der Waals surface area contributed by atoms with E-state index in [-0.39, 0.29) is 36.2 Å². The molecule has 11 heteroatoms. The first kappa shape index (κ1) is 23.6. The second-order valence-electron chi connectivity index (χ2n) is 7.02. The molecule has 0 spiro atoms. The average molecular weight is 489 g/mol. The molecule has 1 aliphatic rings. The summed E-state index contributed by atoms with van der Waals surface area (Å²) in [5.41, 5.74) is 0.574. The van der Waals surface area contributed by atoms with Crippen LogP contribution in [0.4, 0.5) is 5.69 Å². The van der Waals surface area contributed by atoms with Crippen LogP contribution in [0.3, 0.4) is 0 Å². The Morgan fingerprint density at radius 2 is 1.71 bits per heavy atom. The maximum Gasteiger partial charge on any atom is 0.279 e. The number of nitrogens with one attached hydrogen (secondary N) is 2. The van der Waals surface area contributed by atoms with Crippen LogP contribution in [0, 0.1) is 0 Å². The average Bonchev–Trinajstić information content (AvgIpc) is 2.74. The summed E-state index contributed by atoms with van der Waals surface area (Å²) in [5.74, 6) is 0.597. The van der Waals surface area contributed by atoms with E-state index in [4.69, 9.17) is 32.7 Å². The predicted octanol–water partition coefficient (Wildman–Crippen LogP) is 1.54. The van der Waals surface area contributed by atoms with Crippen LogP contribution in [-0.2, 0) is 14.8 Å². The number of carbonyl (C=O) groups is 1. The number of piperazine rings is 1. The Kier molecular flexibility index (Phi) is 7.66. The highest BCUT2D eigenvalue weighted by molar-refractivity contribution is 7.89. The summed E-state index contributed by atoms with van der Waals surface area (Å²) >= 11 is 12.1. The zero-order valence-corrected chi connectivity index (χ0v) is 19.5. The van der Waals surface area contributed by atoms with Crippen LogP contribution >= 0.6 is 23.2 Å². The Hall–Kier alpha value is -2.04. The highest BCUT2D eigenvalue weighted by atomic mass is 35.5. The lowest BCUT2D eigenvalue weighted by atomic mass is 10.3. The number of rotatable bonds is 7. The number of benzene rings is 2. The number of hydrogen-bond donors (Lipinski definition) is 2. The number of ether oxygens (including phenoxy) is 2. The highest BCUT2D eigenvalue weighted by Gasteiger charge is 2.33. The minimum Gasteiger partial charge on any atom is -0.495 e. The van der Waals surface area contributed by atoms with Crippen molar-refractivity contribution in [2.45, 2.75) is 4.90 Å². The van der Waals surface area contributed by atoms with Crippen molar-refractivity contribution < 1.29 is 27.6 Å². The topological polar surface area (TPSA) is 89.4 Å². The van der Waals surface area contributed by atoms with Gasteiger partial charge >= 0.3 is 0 Å². The number of nitrogens with zero attached hydrogens (tertiary/aromatic N) is 1. The quantitative estimate of drug-likeness (QED) is 0.616. The van der Waals surface area contributed by atoms with E-state index in [9.17, 15) is 13.2 Å². The Morgan fingerprint density at radius 3 is 2.32 bits per heavy atom. The van der Waals surface area contributed by atoms with Crippen LogP contribution in [0.5, 0.6) is 11.5 Å². The van der Waals surface area contributed by atoms with Gasteiger partial charge in [0.25, 0.3) is 5.91 Å². The van der Waals surface area contributed by atoms with Crippen LogP contribution in [0.1, 0.15) is 0 Å². The minimum atomic E-state index is -3.76. The molecular weight excluding hydrogens is 465 g/mol. The smallest absolute Gasteiger partial charge is 0.279 e. The second-order valence-corrected chi connectivity index (χ2v) is 9.77. The molecule has 2 N–H and O–H groups in total. The Morgan fingerprint density at radius 1 is 1.06 bits per heavy atom. The van der Waals surface area contributed by atoms with Gasteiger partial charge in [0.2, 0.25) is 10.0 Å². The minimum absolute atomic E-state index is 0.0417. The molecule has 0 radical (unpaired) electrons. The van der Waals surface area contributed by atoms with E-state index >= 15 is 0 Å². The maximum absolute atomic E-state index is 13.0. The van der Waals surface area contributed by atoms with Crippen molar-refractivity contribution in [3.8, 4) is 11.5 Å². The molecule has 1 amide bonds. The molecule has 0 saturated carbocycles. The van der Waals surface area contributed by atoms with Gasteiger partial charge < -0.3 is 19.7 Å². The summed E-state index contributed by atoms with van der Waals surface area (Å²) in [6.07, 6.45) is 0. The number of halogens is 2. The predicted molar refractivity (Wildman–Crippen MR) is 119 cm³/mol. The number of quaternary nitrogens is 1. The van der Waals surface area contributed by atoms with Gasteiger partial charge in [-0.05, 0) is 36.4 Å². The van der Waals surface area contributed by atoms with E-state index in [1.54, 1.807) is 24.3 Å². The van der Waals surface area contributed by atoms with Crippen molar-refractivity contribution in [3.63, 3.8) is 0 Å². The summed E-state index contributed by atoms with van der Waals surface area (Å²) in [6.45, 7) is 1.79. The molecule has 3 rings (SSSR count). The van der Waals surface area contributed by atoms with Gasteiger partial charge in [-0.25, -0.2) is 8.42 Å². The monoisotopic (exact) mass is 488 g/mol. The van der Waals surface area contributed by atoms with Gasteiger partial charge in [-0.15, -0.1) is 0 Å². The molecule has 8 nitrogen and oxygen atoms in total. The summed E-state index contributed by atoms with van der Waals surface area (Å²) in [4.78, 5) is 13.4. The molecule has 0 aromatic heterocycles. The van der Waals surface area contributed by atoms with Gasteiger partial charge in [0.1, 0.15) is 16.4 Å². The standard InChI is InChI=1S/C20H23Cl2N3O5S/c1-29-17-6-4-15(12-16(17)22)23-20(26)13-24-7-9-25(10-8-24)31(27,28)19-11-14(21)3-5-18(19)30-2/h3-6,11-12H,7-10,13H2,1-2H3,(H,23,26)/p+1. The van der Waals surface area contributed by atoms with Gasteiger partial charge in [0, 0.05) is 10.7 Å². The lowest BCUT2D eigenvalue weighted by Gasteiger charge is -2.31. The third-order valence-electron chi connectivity index (χ3n) is 5.02. The molecule has 0 unspecified atom stereocenters. The first-order valence-corrected chi connectivity index (χ1v) is 11.7. The number of carbonyl (C=O) groups excluding carboxylic acids is 1. The van der Waals surface area contributed by atoms with E-state index < -0.39 is 10.0 Å². The molecular formula is C20H24Cl2N3O5S+. The molecule has 0 aliphatic carbocycles. The summed E-state index contributed by atoms with van der Waals surface area (Å²) in [5, 5.41) is 3.53. The fourth-order valence-corrected chi connectivity index (χ4v) is 5.50. The Bertz CT molecular complexity index is 1060. The van der Waals surface area contributed by atoms with E-state index in [2.05, 4.69) is 5.32 Å². The fraction of sp³-hybridized carbons (Fsp3) is 0.350. The van der Waals surface area contributed by atoms with Crippen molar-refractivity contribution in [1.29, 1.82) is 0 Å². The van der Waals surface area contributed by atoms with E-state index in [0.29, 0.717) is 34.6 Å². The molecule has 1 saturated heterocycles. The van der Waals surface area contributed by atoms with Gasteiger partial charge in [-0.1, -0.05) is 23.2 Å². The second kappa shape index (κ2) is 10.1. The number of methoxy groups -OCH3 is 2. The zero-order chi connectivity index (χ0) is 22.6. The van der Waals surface area contributed by atoms with Crippen molar-refractivity contribution in [2.75, 3.05) is 52.3 Å². The Balaban J connectivity index is 1.59. The molecule has 0 atom stereocenters. The lowest BCUT2D eigenvalue weighted by Crippen LogP contribution is -3.15. The normalized spacial score (nSPS) is 15.5. The van der Waals surface area contributed by atoms with Crippen molar-refractivity contribution in [1.82, 2.24) is 4.31 Å². The number of sulfonamides is 1. The van der Waals surface area contributed by atoms with Crippen LogP contribution in [0.15, 0.2) is 41.3 Å². The van der Waals surface area contributed by atoms with Crippen LogP contribution in [-0.4, -0.2) is 65.6 Å². The van der Waals surface area contributed by atoms with Crippen LogP contribution in [0.2, 0.25) is 10.0 Å². The number of anilines is 1. The van der Waals surface area contributed by atoms with E-state index in [0.717, 1.165) is 4.90 Å². The zero-order valence-electron chi connectivity index (χ0n) is 17.2. The molecule has 168 valence electrons. The molecule has 1 aliphatic heterocycles. The third-order valence-corrected chi connectivity index (χ3v) is 7.47. The molecule has 1 fully saturated rings. The van der Waals surface area contributed by atoms with Gasteiger partial charge in [0.15, 0.2) is 6.54 Å². The van der Waals surface area contributed by atoms with Crippen molar-refractivity contribution >= 4 is 44.8 Å². The van der Waals surface area contributed by atoms with Crippen molar-refractivity contribution in [3.05, 3.63) is 46.4 Å². The molecule has 1 heterocycles. The molecule has 2 aromatic carbocycles. The fourth-order valence-electron chi connectivity index (χ4n) is 3.39. The lowest BCUT2D eigenvalue weighted by molar-refractivity contribution is -0.895. The largest absolute Gasteiger partial charge is 0.495 e. The van der Waals surface area contributed by atoms with E-state index in [1.165, 1.54) is 30.7 Å². The summed E-state index contributed by atoms with van der Waals surface area (Å²) in [6, 6.07) is 9.51. The number of hydrogen-bond acceptors (Lipinski definition) is 5. The highest BCUT2D eigenvalue weighted by Crippen LogP contribution is 2.29. The maximum atomic E-state index is 13.0. The van der Waals surface area contributed by atoms with Gasteiger partial charge in [-0.3, -0.25) is 4.79 Å². The first-order chi connectivity index (χ1) is 14.7. The number of amides is 1. The van der Waals surface area contributed by atoms with Gasteiger partial charge in [-0.2, -0.15) is 4.31 Å². The van der Waals surface area contributed by atoms with Crippen LogP contribution < -0.4 is 19.7 Å². The van der Waals surface area contributed by atoms with Crippen LogP contribution in [0.25, 0.3) is 0 Å². The summed E-state index contributed by atoms with van der Waals surface area (Å²) < 4.78 is 37.8. The SMILES string of the molecule is COc1ccc(NC(=O)C[NH+]2CCN(S(=O)(=O)c3cc(Cl)ccc3OC)CC2)cc1Cl. The third kappa shape index (κ3) is 5.61. The summed E-state index contributed by atoms with van der Waals surface area (Å²) in [7, 11) is -0.821. The molecule has 2 aromatic rings.